The van der Waals surface area contributed by atoms with Crippen LogP contribution in [0, 0.1) is 0 Å². The molecule has 144 valence electrons. The summed E-state index contributed by atoms with van der Waals surface area (Å²) in [5.74, 6) is -0.345. The van der Waals surface area contributed by atoms with E-state index in [0.29, 0.717) is 28.9 Å². The van der Waals surface area contributed by atoms with E-state index >= 15 is 0 Å². The monoisotopic (exact) mass is 384 g/mol. The van der Waals surface area contributed by atoms with Gasteiger partial charge in [0.05, 0.1) is 0 Å². The Morgan fingerprint density at radius 3 is 2.34 bits per heavy atom. The van der Waals surface area contributed by atoms with Gasteiger partial charge in [0.25, 0.3) is 5.91 Å². The number of nitrogens with one attached hydrogen (secondary N) is 1. The van der Waals surface area contributed by atoms with Gasteiger partial charge in [-0.1, -0.05) is 42.5 Å². The Balaban J connectivity index is 1.52. The first-order chi connectivity index (χ1) is 14.0. The number of ketones is 1. The maximum Gasteiger partial charge on any atom is 0.255 e. The van der Waals surface area contributed by atoms with Crippen LogP contribution in [0.1, 0.15) is 38.8 Å². The lowest BCUT2D eigenvalue weighted by molar-refractivity contribution is -0.116. The number of fused-ring (bicyclic) bond motifs is 1. The molecule has 1 N–H and O–H groups in total. The van der Waals surface area contributed by atoms with Gasteiger partial charge in [-0.05, 0) is 42.3 Å². The summed E-state index contributed by atoms with van der Waals surface area (Å²) in [5.41, 5.74) is 4.05. The van der Waals surface area contributed by atoms with Gasteiger partial charge < -0.3 is 10.2 Å². The molecule has 0 atom stereocenters. The maximum atomic E-state index is 12.7. The highest BCUT2D eigenvalue weighted by atomic mass is 16.2. The largest absolute Gasteiger partial charge is 0.322 e. The van der Waals surface area contributed by atoms with Crippen LogP contribution in [0.25, 0.3) is 0 Å². The molecule has 4 rings (SSSR count). The van der Waals surface area contributed by atoms with E-state index in [1.807, 2.05) is 30.3 Å². The van der Waals surface area contributed by atoms with Crippen LogP contribution in [0.15, 0.2) is 72.8 Å². The summed E-state index contributed by atoms with van der Waals surface area (Å²) in [5, 5.41) is 2.86. The smallest absolute Gasteiger partial charge is 0.255 e. The summed E-state index contributed by atoms with van der Waals surface area (Å²) < 4.78 is 0. The molecule has 0 unspecified atom stereocenters. The molecule has 1 aliphatic rings. The third kappa shape index (κ3) is 3.80. The molecule has 5 heteroatoms. The minimum Gasteiger partial charge on any atom is -0.322 e. The second-order valence-electron chi connectivity index (χ2n) is 6.99. The summed E-state index contributed by atoms with van der Waals surface area (Å²) in [6.45, 7) is 2.18. The lowest BCUT2D eigenvalue weighted by Gasteiger charge is -2.15. The number of rotatable bonds is 4. The standard InChI is InChI=1S/C24H20N2O3/c1-16(27)26-13-12-18-14-20(10-11-22(18)26)24(29)25-21-9-5-8-19(15-21)23(28)17-6-3-2-4-7-17/h2-11,14-15H,12-13H2,1H3,(H,25,29). The molecule has 0 spiro atoms. The number of nitrogens with zero attached hydrogens (tertiary/aromatic N) is 1. The molecule has 3 aromatic rings. The van der Waals surface area contributed by atoms with Gasteiger partial charge in [-0.2, -0.15) is 0 Å². The van der Waals surface area contributed by atoms with E-state index in [-0.39, 0.29) is 17.6 Å². The number of benzene rings is 3. The van der Waals surface area contributed by atoms with Crippen molar-refractivity contribution in [2.75, 3.05) is 16.8 Å². The molecule has 2 amide bonds. The van der Waals surface area contributed by atoms with Crippen molar-refractivity contribution in [1.29, 1.82) is 0 Å². The number of amides is 2. The Labute approximate surface area is 169 Å². The minimum atomic E-state index is -0.251. The molecule has 29 heavy (non-hydrogen) atoms. The summed E-state index contributed by atoms with van der Waals surface area (Å²) in [6.07, 6.45) is 0.733. The highest BCUT2D eigenvalue weighted by Gasteiger charge is 2.23. The molecular weight excluding hydrogens is 364 g/mol. The van der Waals surface area contributed by atoms with Crippen LogP contribution in [0.5, 0.6) is 0 Å². The van der Waals surface area contributed by atoms with Crippen molar-refractivity contribution in [1.82, 2.24) is 0 Å². The molecule has 1 heterocycles. The Kier molecular flexibility index (Phi) is 4.96. The molecular formula is C24H20N2O3. The van der Waals surface area contributed by atoms with Gasteiger partial charge in [0.1, 0.15) is 0 Å². The lowest BCUT2D eigenvalue weighted by atomic mass is 10.0. The van der Waals surface area contributed by atoms with E-state index in [9.17, 15) is 14.4 Å². The summed E-state index contributed by atoms with van der Waals surface area (Å²) in [6, 6.07) is 21.3. The average molecular weight is 384 g/mol. The quantitative estimate of drug-likeness (QED) is 0.690. The molecule has 0 radical (unpaired) electrons. The van der Waals surface area contributed by atoms with Crippen LogP contribution in [-0.2, 0) is 11.2 Å². The molecule has 0 aromatic heterocycles. The minimum absolute atomic E-state index is 0.000787. The SMILES string of the molecule is CC(=O)N1CCc2cc(C(=O)Nc3cccc(C(=O)c4ccccc4)c3)ccc21. The van der Waals surface area contributed by atoms with Crippen molar-refractivity contribution in [2.24, 2.45) is 0 Å². The number of carbonyl (C=O) groups excluding carboxylic acids is 3. The van der Waals surface area contributed by atoms with E-state index in [0.717, 1.165) is 17.7 Å². The first-order valence-corrected chi connectivity index (χ1v) is 9.45. The van der Waals surface area contributed by atoms with E-state index in [2.05, 4.69) is 5.32 Å². The van der Waals surface area contributed by atoms with E-state index in [1.165, 1.54) is 0 Å². The van der Waals surface area contributed by atoms with Crippen molar-refractivity contribution < 1.29 is 14.4 Å². The fourth-order valence-electron chi connectivity index (χ4n) is 3.57. The Bertz CT molecular complexity index is 1110. The van der Waals surface area contributed by atoms with Gasteiger partial charge in [0.15, 0.2) is 5.78 Å². The molecule has 0 aliphatic carbocycles. The second-order valence-corrected chi connectivity index (χ2v) is 6.99. The maximum absolute atomic E-state index is 12.7. The number of carbonyl (C=O) groups is 3. The zero-order chi connectivity index (χ0) is 20.4. The van der Waals surface area contributed by atoms with E-state index < -0.39 is 0 Å². The van der Waals surface area contributed by atoms with Crippen molar-refractivity contribution in [2.45, 2.75) is 13.3 Å². The number of hydrogen-bond donors (Lipinski definition) is 1. The first kappa shape index (κ1) is 18.6. The number of anilines is 2. The Morgan fingerprint density at radius 2 is 1.59 bits per heavy atom. The van der Waals surface area contributed by atoms with Crippen LogP contribution in [-0.4, -0.2) is 24.1 Å². The van der Waals surface area contributed by atoms with Gasteiger partial charge >= 0.3 is 0 Å². The zero-order valence-electron chi connectivity index (χ0n) is 16.0. The number of hydrogen-bond acceptors (Lipinski definition) is 3. The zero-order valence-corrected chi connectivity index (χ0v) is 16.0. The third-order valence-electron chi connectivity index (χ3n) is 5.04. The Morgan fingerprint density at radius 1 is 0.828 bits per heavy atom. The topological polar surface area (TPSA) is 66.5 Å². The second kappa shape index (κ2) is 7.72. The average Bonchev–Trinajstić information content (AvgIpc) is 3.17. The molecule has 5 nitrogen and oxygen atoms in total. The van der Waals surface area contributed by atoms with Gasteiger partial charge in [-0.3, -0.25) is 14.4 Å². The van der Waals surface area contributed by atoms with Crippen LogP contribution in [0.2, 0.25) is 0 Å². The van der Waals surface area contributed by atoms with Gasteiger partial charge in [-0.15, -0.1) is 0 Å². The predicted octanol–water partition coefficient (Wildman–Crippen LogP) is 4.08. The summed E-state index contributed by atoms with van der Waals surface area (Å²) in [7, 11) is 0. The van der Waals surface area contributed by atoms with Gasteiger partial charge in [0, 0.05) is 41.5 Å². The first-order valence-electron chi connectivity index (χ1n) is 9.45. The molecule has 0 saturated carbocycles. The van der Waals surface area contributed by atoms with E-state index in [4.69, 9.17) is 0 Å². The van der Waals surface area contributed by atoms with Crippen LogP contribution >= 0.6 is 0 Å². The predicted molar refractivity (Wildman–Crippen MR) is 112 cm³/mol. The van der Waals surface area contributed by atoms with Crippen LogP contribution < -0.4 is 10.2 Å². The molecule has 0 fully saturated rings. The lowest BCUT2D eigenvalue weighted by Crippen LogP contribution is -2.25. The van der Waals surface area contributed by atoms with Crippen molar-refractivity contribution >= 4 is 29.0 Å². The van der Waals surface area contributed by atoms with Crippen LogP contribution in [0.3, 0.4) is 0 Å². The fraction of sp³-hybridized carbons (Fsp3) is 0.125. The highest BCUT2D eigenvalue weighted by Crippen LogP contribution is 2.29. The van der Waals surface area contributed by atoms with E-state index in [1.54, 1.807) is 54.3 Å². The van der Waals surface area contributed by atoms with Gasteiger partial charge in [-0.25, -0.2) is 0 Å². The molecule has 3 aromatic carbocycles. The summed E-state index contributed by atoms with van der Waals surface area (Å²) >= 11 is 0. The third-order valence-corrected chi connectivity index (χ3v) is 5.04. The normalized spacial score (nSPS) is 12.4. The van der Waals surface area contributed by atoms with Gasteiger partial charge in [0.2, 0.25) is 5.91 Å². The Hall–Kier alpha value is -3.73. The van der Waals surface area contributed by atoms with Crippen molar-refractivity contribution in [3.8, 4) is 0 Å². The molecule has 0 bridgehead atoms. The molecule has 1 aliphatic heterocycles. The van der Waals surface area contributed by atoms with Crippen molar-refractivity contribution in [3.05, 3.63) is 95.1 Å². The molecule has 0 saturated heterocycles. The van der Waals surface area contributed by atoms with Crippen molar-refractivity contribution in [3.63, 3.8) is 0 Å². The summed E-state index contributed by atoms with van der Waals surface area (Å²) in [4.78, 5) is 38.7. The van der Waals surface area contributed by atoms with Crippen LogP contribution in [0.4, 0.5) is 11.4 Å². The highest BCUT2D eigenvalue weighted by molar-refractivity contribution is 6.10. The fourth-order valence-corrected chi connectivity index (χ4v) is 3.57.